The first kappa shape index (κ1) is 12.0. The van der Waals surface area contributed by atoms with Gasteiger partial charge >= 0.3 is 0 Å². The van der Waals surface area contributed by atoms with Gasteiger partial charge in [0.2, 0.25) is 0 Å². The van der Waals surface area contributed by atoms with E-state index in [0.717, 1.165) is 22.7 Å². The fourth-order valence-corrected chi connectivity index (χ4v) is 2.32. The summed E-state index contributed by atoms with van der Waals surface area (Å²) in [5.41, 5.74) is 3.04. The maximum Gasteiger partial charge on any atom is 0.143 e. The molecule has 17 heavy (non-hydrogen) atoms. The Labute approximate surface area is 105 Å². The van der Waals surface area contributed by atoms with Crippen LogP contribution in [0, 0.1) is 6.92 Å². The van der Waals surface area contributed by atoms with Crippen molar-refractivity contribution in [3.63, 3.8) is 0 Å². The smallest absolute Gasteiger partial charge is 0.143 e. The predicted molar refractivity (Wildman–Crippen MR) is 71.0 cm³/mol. The second kappa shape index (κ2) is 5.21. The van der Waals surface area contributed by atoms with Crippen LogP contribution in [0.1, 0.15) is 11.1 Å². The van der Waals surface area contributed by atoms with Crippen molar-refractivity contribution in [1.29, 1.82) is 0 Å². The Kier molecular flexibility index (Phi) is 3.66. The first-order chi connectivity index (χ1) is 8.24. The van der Waals surface area contributed by atoms with Gasteiger partial charge in [0.25, 0.3) is 0 Å². The molecule has 0 saturated carbocycles. The number of hydrogen-bond acceptors (Lipinski definition) is 4. The fraction of sp³-hybridized carbons (Fsp3) is 0.231. The molecule has 0 bridgehead atoms. The van der Waals surface area contributed by atoms with Gasteiger partial charge in [-0.15, -0.1) is 11.3 Å². The predicted octanol–water partition coefficient (Wildman–Crippen LogP) is 3.38. The van der Waals surface area contributed by atoms with Crippen LogP contribution in [0.15, 0.2) is 29.0 Å². The molecule has 0 amide bonds. The maximum atomic E-state index is 9.14. The Balaban J connectivity index is 2.24. The highest BCUT2D eigenvalue weighted by Gasteiger charge is 2.06. The second-order valence-electron chi connectivity index (χ2n) is 3.75. The average Bonchev–Trinajstić information content (AvgIpc) is 2.79. The van der Waals surface area contributed by atoms with Crippen molar-refractivity contribution in [3.05, 3.63) is 40.1 Å². The summed E-state index contributed by atoms with van der Waals surface area (Å²) in [7, 11) is 1.88. The average molecular weight is 249 g/mol. The lowest BCUT2D eigenvalue weighted by molar-refractivity contribution is 0.277. The van der Waals surface area contributed by atoms with Crippen LogP contribution in [0.4, 0.5) is 5.69 Å². The summed E-state index contributed by atoms with van der Waals surface area (Å²) in [6, 6.07) is 5.88. The highest BCUT2D eigenvalue weighted by molar-refractivity contribution is 7.08. The topological polar surface area (TPSA) is 41.5 Å². The van der Waals surface area contributed by atoms with Gasteiger partial charge in [0.05, 0.1) is 6.61 Å². The van der Waals surface area contributed by atoms with Crippen LogP contribution in [0.25, 0.3) is 0 Å². The summed E-state index contributed by atoms with van der Waals surface area (Å²) >= 11 is 1.52. The summed E-state index contributed by atoms with van der Waals surface area (Å²) < 4.78 is 5.75. The van der Waals surface area contributed by atoms with Crippen LogP contribution in [0.2, 0.25) is 0 Å². The Morgan fingerprint density at radius 3 is 2.88 bits per heavy atom. The first-order valence-corrected chi connectivity index (χ1v) is 6.31. The largest absolute Gasteiger partial charge is 0.456 e. The quantitative estimate of drug-likeness (QED) is 0.872. The van der Waals surface area contributed by atoms with Gasteiger partial charge < -0.3 is 15.2 Å². The van der Waals surface area contributed by atoms with E-state index in [9.17, 15) is 0 Å². The van der Waals surface area contributed by atoms with Crippen molar-refractivity contribution in [2.24, 2.45) is 0 Å². The molecule has 2 aromatic rings. The van der Waals surface area contributed by atoms with Crippen molar-refractivity contribution < 1.29 is 9.84 Å². The third kappa shape index (κ3) is 2.60. The van der Waals surface area contributed by atoms with Gasteiger partial charge in [-0.3, -0.25) is 0 Å². The second-order valence-corrected chi connectivity index (χ2v) is 4.49. The van der Waals surface area contributed by atoms with E-state index in [2.05, 4.69) is 5.32 Å². The molecule has 0 atom stereocenters. The SMILES string of the molecule is CNc1cc(Oc2cscc2CO)ccc1C. The van der Waals surface area contributed by atoms with Crippen LogP contribution in [-0.4, -0.2) is 12.2 Å². The lowest BCUT2D eigenvalue weighted by atomic mass is 10.2. The van der Waals surface area contributed by atoms with E-state index in [4.69, 9.17) is 9.84 Å². The zero-order valence-corrected chi connectivity index (χ0v) is 10.7. The molecule has 0 unspecified atom stereocenters. The van der Waals surface area contributed by atoms with Gasteiger partial charge in [-0.1, -0.05) is 6.07 Å². The third-order valence-electron chi connectivity index (χ3n) is 2.58. The summed E-state index contributed by atoms with van der Waals surface area (Å²) in [5, 5.41) is 16.0. The monoisotopic (exact) mass is 249 g/mol. The molecular formula is C13H15NO2S. The molecule has 1 aromatic carbocycles. The number of aliphatic hydroxyl groups is 1. The summed E-state index contributed by atoms with van der Waals surface area (Å²) in [6.45, 7) is 2.04. The Morgan fingerprint density at radius 2 is 2.18 bits per heavy atom. The molecule has 4 heteroatoms. The molecule has 0 spiro atoms. The third-order valence-corrected chi connectivity index (χ3v) is 3.35. The molecule has 90 valence electrons. The molecule has 0 aliphatic heterocycles. The highest BCUT2D eigenvalue weighted by Crippen LogP contribution is 2.31. The number of thiophene rings is 1. The van der Waals surface area contributed by atoms with Gasteiger partial charge in [0.15, 0.2) is 0 Å². The highest BCUT2D eigenvalue weighted by atomic mass is 32.1. The number of aryl methyl sites for hydroxylation is 1. The van der Waals surface area contributed by atoms with Crippen molar-refractivity contribution in [3.8, 4) is 11.5 Å². The summed E-state index contributed by atoms with van der Waals surface area (Å²) in [5.74, 6) is 1.50. The number of aliphatic hydroxyl groups excluding tert-OH is 1. The van der Waals surface area contributed by atoms with E-state index < -0.39 is 0 Å². The van der Waals surface area contributed by atoms with Gasteiger partial charge in [0, 0.05) is 35.1 Å². The lowest BCUT2D eigenvalue weighted by Crippen LogP contribution is -1.93. The molecule has 1 aromatic heterocycles. The number of anilines is 1. The normalized spacial score (nSPS) is 10.3. The minimum atomic E-state index is 0.00355. The Hall–Kier alpha value is -1.52. The maximum absolute atomic E-state index is 9.14. The molecule has 0 aliphatic carbocycles. The standard InChI is InChI=1S/C13H15NO2S/c1-9-3-4-11(5-12(9)14-2)16-13-8-17-7-10(13)6-15/h3-5,7-8,14-15H,6H2,1-2H3. The molecule has 0 saturated heterocycles. The van der Waals surface area contributed by atoms with E-state index >= 15 is 0 Å². The minimum absolute atomic E-state index is 0.00355. The molecule has 1 heterocycles. The molecule has 0 radical (unpaired) electrons. The lowest BCUT2D eigenvalue weighted by Gasteiger charge is -2.09. The van der Waals surface area contributed by atoms with Crippen molar-refractivity contribution >= 4 is 17.0 Å². The van der Waals surface area contributed by atoms with E-state index in [1.165, 1.54) is 16.9 Å². The van der Waals surface area contributed by atoms with E-state index in [0.29, 0.717) is 0 Å². The molecule has 2 N–H and O–H groups in total. The van der Waals surface area contributed by atoms with Crippen molar-refractivity contribution in [2.75, 3.05) is 12.4 Å². The number of rotatable bonds is 4. The number of ether oxygens (including phenoxy) is 1. The molecular weight excluding hydrogens is 234 g/mol. The fourth-order valence-electron chi connectivity index (χ4n) is 1.58. The summed E-state index contributed by atoms with van der Waals surface area (Å²) in [6.07, 6.45) is 0. The first-order valence-electron chi connectivity index (χ1n) is 5.36. The van der Waals surface area contributed by atoms with Crippen LogP contribution < -0.4 is 10.1 Å². The van der Waals surface area contributed by atoms with Crippen LogP contribution in [0.5, 0.6) is 11.5 Å². The van der Waals surface area contributed by atoms with Gasteiger partial charge in [-0.05, 0) is 18.6 Å². The number of benzene rings is 1. The molecule has 3 nitrogen and oxygen atoms in total. The van der Waals surface area contributed by atoms with Gasteiger partial charge in [0.1, 0.15) is 11.5 Å². The van der Waals surface area contributed by atoms with Crippen LogP contribution in [0.3, 0.4) is 0 Å². The summed E-state index contributed by atoms with van der Waals surface area (Å²) in [4.78, 5) is 0. The zero-order chi connectivity index (χ0) is 12.3. The van der Waals surface area contributed by atoms with Gasteiger partial charge in [-0.25, -0.2) is 0 Å². The van der Waals surface area contributed by atoms with E-state index in [-0.39, 0.29) is 6.61 Å². The number of nitrogens with one attached hydrogen (secondary N) is 1. The van der Waals surface area contributed by atoms with Crippen LogP contribution >= 0.6 is 11.3 Å². The van der Waals surface area contributed by atoms with Crippen molar-refractivity contribution in [2.45, 2.75) is 13.5 Å². The molecule has 0 fully saturated rings. The van der Waals surface area contributed by atoms with Gasteiger partial charge in [-0.2, -0.15) is 0 Å². The van der Waals surface area contributed by atoms with Crippen molar-refractivity contribution in [1.82, 2.24) is 0 Å². The Morgan fingerprint density at radius 1 is 1.35 bits per heavy atom. The molecule has 2 rings (SSSR count). The molecule has 0 aliphatic rings. The van der Waals surface area contributed by atoms with Crippen LogP contribution in [-0.2, 0) is 6.61 Å². The van der Waals surface area contributed by atoms with E-state index in [1.807, 2.05) is 42.9 Å². The Bertz CT molecular complexity index is 508. The van der Waals surface area contributed by atoms with E-state index in [1.54, 1.807) is 0 Å². The zero-order valence-electron chi connectivity index (χ0n) is 9.86. The minimum Gasteiger partial charge on any atom is -0.456 e. The number of hydrogen-bond donors (Lipinski definition) is 2.